The van der Waals surface area contributed by atoms with Gasteiger partial charge in [0.1, 0.15) is 6.61 Å². The van der Waals surface area contributed by atoms with Crippen LogP contribution in [0.2, 0.25) is 0 Å². The van der Waals surface area contributed by atoms with Crippen molar-refractivity contribution in [2.45, 2.75) is 43.8 Å². The van der Waals surface area contributed by atoms with Crippen LogP contribution >= 0.6 is 11.8 Å². The highest BCUT2D eigenvalue weighted by molar-refractivity contribution is 7.99. The highest BCUT2D eigenvalue weighted by atomic mass is 32.2. The van der Waals surface area contributed by atoms with E-state index in [1.807, 2.05) is 24.3 Å². The number of piperidine rings is 1. The molecular formula is C23H31N5O2S. The van der Waals surface area contributed by atoms with Gasteiger partial charge in [0, 0.05) is 42.9 Å². The summed E-state index contributed by atoms with van der Waals surface area (Å²) >= 11 is 1.53. The lowest BCUT2D eigenvalue weighted by Gasteiger charge is -2.26. The number of thioether (sulfide) groups is 1. The Morgan fingerprint density at radius 1 is 1.16 bits per heavy atom. The molecule has 1 unspecified atom stereocenters. The van der Waals surface area contributed by atoms with Crippen molar-refractivity contribution >= 4 is 17.7 Å². The molecule has 0 radical (unpaired) electrons. The summed E-state index contributed by atoms with van der Waals surface area (Å²) < 4.78 is 5.76. The third kappa shape index (κ3) is 8.67. The van der Waals surface area contributed by atoms with E-state index in [9.17, 15) is 4.79 Å². The van der Waals surface area contributed by atoms with Crippen LogP contribution < -0.4 is 10.5 Å². The summed E-state index contributed by atoms with van der Waals surface area (Å²) in [5.41, 5.74) is 6.78. The van der Waals surface area contributed by atoms with Gasteiger partial charge in [-0.15, -0.1) is 0 Å². The number of hydrogen-bond donors (Lipinski definition) is 1. The highest BCUT2D eigenvalue weighted by Gasteiger charge is 2.14. The number of allylic oxidation sites excluding steroid dienone is 1. The summed E-state index contributed by atoms with van der Waals surface area (Å²) in [6.45, 7) is 3.69. The van der Waals surface area contributed by atoms with Crippen LogP contribution in [0.5, 0.6) is 5.88 Å². The molecule has 166 valence electrons. The lowest BCUT2D eigenvalue weighted by Crippen LogP contribution is -2.29. The second-order valence-corrected chi connectivity index (χ2v) is 8.69. The van der Waals surface area contributed by atoms with Crippen LogP contribution in [0.1, 0.15) is 37.7 Å². The molecule has 3 heterocycles. The van der Waals surface area contributed by atoms with Crippen molar-refractivity contribution in [1.29, 1.82) is 0 Å². The van der Waals surface area contributed by atoms with Crippen molar-refractivity contribution in [2.75, 3.05) is 25.4 Å². The van der Waals surface area contributed by atoms with Crippen molar-refractivity contribution < 1.29 is 9.53 Å². The van der Waals surface area contributed by atoms with Gasteiger partial charge in [-0.1, -0.05) is 30.3 Å². The molecule has 0 bridgehead atoms. The Labute approximate surface area is 188 Å². The lowest BCUT2D eigenvalue weighted by molar-refractivity contribution is -0.121. The Balaban J connectivity index is 1.38. The molecule has 2 N–H and O–H groups in total. The first-order valence-corrected chi connectivity index (χ1v) is 11.8. The quantitative estimate of drug-likeness (QED) is 0.306. The molecule has 31 heavy (non-hydrogen) atoms. The minimum atomic E-state index is -0.285. The summed E-state index contributed by atoms with van der Waals surface area (Å²) in [6, 6.07) is 5.84. The number of nitrogens with two attached hydrogens (primary N) is 1. The summed E-state index contributed by atoms with van der Waals surface area (Å²) in [5.74, 6) is 0.881. The van der Waals surface area contributed by atoms with E-state index >= 15 is 0 Å². The van der Waals surface area contributed by atoms with Gasteiger partial charge in [-0.3, -0.25) is 9.69 Å². The maximum Gasteiger partial charge on any atom is 0.220 e. The van der Waals surface area contributed by atoms with Gasteiger partial charge in [-0.05, 0) is 56.5 Å². The Kier molecular flexibility index (Phi) is 9.79. The number of rotatable bonds is 12. The molecule has 0 saturated carbocycles. The van der Waals surface area contributed by atoms with E-state index in [1.165, 1.54) is 49.7 Å². The molecule has 1 saturated heterocycles. The number of amides is 1. The van der Waals surface area contributed by atoms with E-state index in [1.54, 1.807) is 24.7 Å². The SMILES string of the molecule is NC(=O)C(CC=CCOc1cc(CN2CCCCC2)ccn1)CCSc1ncccn1. The van der Waals surface area contributed by atoms with Crippen LogP contribution in [-0.2, 0) is 11.3 Å². The number of primary amides is 1. The molecule has 1 fully saturated rings. The molecule has 0 spiro atoms. The molecule has 8 heteroatoms. The van der Waals surface area contributed by atoms with Crippen LogP contribution in [0.25, 0.3) is 0 Å². The highest BCUT2D eigenvalue weighted by Crippen LogP contribution is 2.18. The maximum atomic E-state index is 11.7. The summed E-state index contributed by atoms with van der Waals surface area (Å²) in [6.07, 6.45) is 14.3. The van der Waals surface area contributed by atoms with E-state index in [2.05, 4.69) is 19.9 Å². The molecule has 2 aromatic heterocycles. The predicted molar refractivity (Wildman–Crippen MR) is 123 cm³/mol. The zero-order valence-corrected chi connectivity index (χ0v) is 18.7. The van der Waals surface area contributed by atoms with Crippen molar-refractivity contribution in [2.24, 2.45) is 11.7 Å². The van der Waals surface area contributed by atoms with E-state index in [4.69, 9.17) is 10.5 Å². The van der Waals surface area contributed by atoms with Crippen molar-refractivity contribution in [3.63, 3.8) is 0 Å². The van der Waals surface area contributed by atoms with E-state index in [0.717, 1.165) is 12.3 Å². The fourth-order valence-corrected chi connectivity index (χ4v) is 4.35. The Bertz CT molecular complexity index is 828. The fraction of sp³-hybridized carbons (Fsp3) is 0.478. The maximum absolute atomic E-state index is 11.7. The number of carbonyl (C=O) groups is 1. The van der Waals surface area contributed by atoms with Crippen molar-refractivity contribution in [3.05, 3.63) is 54.5 Å². The molecular weight excluding hydrogens is 410 g/mol. The Morgan fingerprint density at radius 2 is 1.97 bits per heavy atom. The second-order valence-electron chi connectivity index (χ2n) is 7.63. The summed E-state index contributed by atoms with van der Waals surface area (Å²) in [7, 11) is 0. The van der Waals surface area contributed by atoms with Gasteiger partial charge in [0.15, 0.2) is 5.16 Å². The third-order valence-corrected chi connectivity index (χ3v) is 6.12. The average molecular weight is 442 g/mol. The average Bonchev–Trinajstić information content (AvgIpc) is 2.79. The van der Waals surface area contributed by atoms with Crippen molar-refractivity contribution in [1.82, 2.24) is 19.9 Å². The van der Waals surface area contributed by atoms with E-state index < -0.39 is 0 Å². The zero-order chi connectivity index (χ0) is 21.7. The molecule has 7 nitrogen and oxygen atoms in total. The summed E-state index contributed by atoms with van der Waals surface area (Å²) in [5, 5.41) is 0.713. The van der Waals surface area contributed by atoms with Crippen LogP contribution in [0.15, 0.2) is 54.1 Å². The molecule has 1 amide bonds. The zero-order valence-electron chi connectivity index (χ0n) is 17.9. The van der Waals surface area contributed by atoms with Crippen LogP contribution in [0.4, 0.5) is 0 Å². The Morgan fingerprint density at radius 3 is 2.74 bits per heavy atom. The van der Waals surface area contributed by atoms with E-state index in [0.29, 0.717) is 30.5 Å². The van der Waals surface area contributed by atoms with Gasteiger partial charge < -0.3 is 10.5 Å². The number of nitrogens with zero attached hydrogens (tertiary/aromatic N) is 4. The van der Waals surface area contributed by atoms with Crippen LogP contribution in [0.3, 0.4) is 0 Å². The smallest absolute Gasteiger partial charge is 0.220 e. The molecule has 0 aliphatic carbocycles. The summed E-state index contributed by atoms with van der Waals surface area (Å²) in [4.78, 5) is 26.9. The third-order valence-electron chi connectivity index (χ3n) is 5.21. The largest absolute Gasteiger partial charge is 0.473 e. The minimum Gasteiger partial charge on any atom is -0.473 e. The van der Waals surface area contributed by atoms with E-state index in [-0.39, 0.29) is 11.8 Å². The minimum absolute atomic E-state index is 0.210. The predicted octanol–water partition coefficient (Wildman–Crippen LogP) is 3.47. The van der Waals surface area contributed by atoms with Crippen LogP contribution in [-0.4, -0.2) is 51.2 Å². The molecule has 1 aliphatic rings. The first-order chi connectivity index (χ1) is 15.2. The standard InChI is InChI=1S/C23H31N5O2S/c24-22(29)20(9-16-31-23-26-10-6-11-27-23)7-2-5-15-30-21-17-19(8-12-25-21)18-28-13-3-1-4-14-28/h2,5-6,8,10-12,17,20H,1,3-4,7,9,13-16,18H2,(H2,24,29). The molecule has 1 atom stereocenters. The monoisotopic (exact) mass is 441 g/mol. The number of pyridine rings is 1. The van der Waals surface area contributed by atoms with Gasteiger partial charge in [-0.25, -0.2) is 15.0 Å². The molecule has 3 rings (SSSR count). The number of hydrogen-bond acceptors (Lipinski definition) is 7. The molecule has 2 aromatic rings. The number of aromatic nitrogens is 3. The number of carbonyl (C=O) groups excluding carboxylic acids is 1. The normalized spacial score (nSPS) is 15.7. The first kappa shape index (κ1) is 23.2. The molecule has 1 aliphatic heterocycles. The topological polar surface area (TPSA) is 94.2 Å². The van der Waals surface area contributed by atoms with Gasteiger partial charge in [0.05, 0.1) is 0 Å². The molecule has 0 aromatic carbocycles. The lowest BCUT2D eigenvalue weighted by atomic mass is 10.0. The Hall–Kier alpha value is -2.45. The van der Waals surface area contributed by atoms with Gasteiger partial charge >= 0.3 is 0 Å². The number of likely N-dealkylation sites (tertiary alicyclic amines) is 1. The fourth-order valence-electron chi connectivity index (χ4n) is 3.49. The number of ether oxygens (including phenoxy) is 1. The first-order valence-electron chi connectivity index (χ1n) is 10.8. The van der Waals surface area contributed by atoms with Gasteiger partial charge in [-0.2, -0.15) is 0 Å². The van der Waals surface area contributed by atoms with Crippen LogP contribution in [0, 0.1) is 5.92 Å². The van der Waals surface area contributed by atoms with Gasteiger partial charge in [0.2, 0.25) is 11.8 Å². The second kappa shape index (κ2) is 13.1. The van der Waals surface area contributed by atoms with Crippen molar-refractivity contribution in [3.8, 4) is 5.88 Å². The van der Waals surface area contributed by atoms with Gasteiger partial charge in [0.25, 0.3) is 0 Å².